The molecule has 128 valence electrons. The summed E-state index contributed by atoms with van der Waals surface area (Å²) in [5, 5.41) is 10.4. The van der Waals surface area contributed by atoms with Gasteiger partial charge in [-0.15, -0.1) is 0 Å². The first-order valence-electron chi connectivity index (χ1n) is 8.07. The van der Waals surface area contributed by atoms with Crippen LogP contribution in [0.2, 0.25) is 0 Å². The second-order valence-corrected chi connectivity index (χ2v) is 6.04. The van der Waals surface area contributed by atoms with E-state index in [0.717, 1.165) is 24.4 Å². The smallest absolute Gasteiger partial charge is 0.183 e. The van der Waals surface area contributed by atoms with Gasteiger partial charge in [-0.3, -0.25) is 14.9 Å². The molecule has 0 spiro atoms. The van der Waals surface area contributed by atoms with E-state index in [1.54, 1.807) is 32.7 Å². The van der Waals surface area contributed by atoms with E-state index in [2.05, 4.69) is 14.9 Å². The van der Waals surface area contributed by atoms with E-state index in [-0.39, 0.29) is 12.0 Å². The van der Waals surface area contributed by atoms with Crippen molar-refractivity contribution in [2.45, 2.75) is 19.1 Å². The van der Waals surface area contributed by atoms with Gasteiger partial charge in [-0.2, -0.15) is 0 Å². The number of hydrogen-bond donors (Lipinski definition) is 1. The Balaban J connectivity index is 1.67. The zero-order valence-electron chi connectivity index (χ0n) is 14.1. The Bertz CT molecular complexity index is 666. The fourth-order valence-corrected chi connectivity index (χ4v) is 3.23. The number of aliphatic hydroxyl groups is 1. The predicted molar refractivity (Wildman–Crippen MR) is 90.1 cm³/mol. The molecule has 0 aliphatic carbocycles. The van der Waals surface area contributed by atoms with Crippen LogP contribution in [-0.4, -0.2) is 53.4 Å². The van der Waals surface area contributed by atoms with Gasteiger partial charge in [-0.25, -0.2) is 0 Å². The molecule has 3 rings (SSSR count). The van der Waals surface area contributed by atoms with Crippen molar-refractivity contribution in [1.29, 1.82) is 0 Å². The molecule has 6 heteroatoms. The summed E-state index contributed by atoms with van der Waals surface area (Å²) in [6.45, 7) is 2.05. The van der Waals surface area contributed by atoms with Crippen LogP contribution in [0.25, 0.3) is 0 Å². The second kappa shape index (κ2) is 7.59. The Kier molecular flexibility index (Phi) is 5.27. The third-order valence-electron chi connectivity index (χ3n) is 4.42. The monoisotopic (exact) mass is 329 g/mol. The average Bonchev–Trinajstić information content (AvgIpc) is 2.94. The van der Waals surface area contributed by atoms with Gasteiger partial charge in [0, 0.05) is 49.7 Å². The van der Waals surface area contributed by atoms with Crippen molar-refractivity contribution in [3.05, 3.63) is 48.0 Å². The van der Waals surface area contributed by atoms with Crippen LogP contribution >= 0.6 is 0 Å². The molecular weight excluding hydrogens is 306 g/mol. The van der Waals surface area contributed by atoms with E-state index in [9.17, 15) is 5.11 Å². The van der Waals surface area contributed by atoms with E-state index in [0.29, 0.717) is 24.6 Å². The fourth-order valence-electron chi connectivity index (χ4n) is 3.23. The van der Waals surface area contributed by atoms with Gasteiger partial charge in [-0.1, -0.05) is 6.07 Å². The van der Waals surface area contributed by atoms with Crippen LogP contribution in [0.3, 0.4) is 0 Å². The molecule has 2 aromatic heterocycles. The first-order chi connectivity index (χ1) is 11.7. The van der Waals surface area contributed by atoms with Crippen molar-refractivity contribution >= 4 is 0 Å². The number of pyridine rings is 2. The van der Waals surface area contributed by atoms with E-state index >= 15 is 0 Å². The molecule has 0 radical (unpaired) electrons. The predicted octanol–water partition coefficient (Wildman–Crippen LogP) is 1.53. The minimum atomic E-state index is -0.358. The molecule has 2 aromatic rings. The van der Waals surface area contributed by atoms with Gasteiger partial charge in [0.05, 0.1) is 20.3 Å². The highest BCUT2D eigenvalue weighted by Crippen LogP contribution is 2.31. The number of aliphatic hydroxyl groups excluding tert-OH is 1. The highest BCUT2D eigenvalue weighted by Gasteiger charge is 2.32. The molecule has 1 aliphatic heterocycles. The van der Waals surface area contributed by atoms with Gasteiger partial charge >= 0.3 is 0 Å². The number of β-amino-alcohol motifs (C(OH)–C–C–N with tert-alkyl or cyclic N) is 1. The topological polar surface area (TPSA) is 67.7 Å². The van der Waals surface area contributed by atoms with Crippen LogP contribution < -0.4 is 9.47 Å². The largest absolute Gasteiger partial charge is 0.493 e. The Labute approximate surface area is 142 Å². The van der Waals surface area contributed by atoms with Crippen molar-refractivity contribution in [3.63, 3.8) is 0 Å². The van der Waals surface area contributed by atoms with Crippen LogP contribution in [-0.2, 0) is 13.0 Å². The molecule has 1 N–H and O–H groups in total. The molecular formula is C18H23N3O3. The molecule has 0 bridgehead atoms. The minimum absolute atomic E-state index is 0.177. The maximum atomic E-state index is 10.4. The van der Waals surface area contributed by atoms with Crippen LogP contribution in [0, 0.1) is 5.92 Å². The lowest BCUT2D eigenvalue weighted by Gasteiger charge is -2.18. The van der Waals surface area contributed by atoms with Crippen LogP contribution in [0.4, 0.5) is 0 Å². The summed E-state index contributed by atoms with van der Waals surface area (Å²) < 4.78 is 10.8. The zero-order valence-corrected chi connectivity index (χ0v) is 14.1. The zero-order chi connectivity index (χ0) is 16.9. The number of hydrogen-bond acceptors (Lipinski definition) is 6. The summed E-state index contributed by atoms with van der Waals surface area (Å²) in [6, 6.07) is 7.67. The van der Waals surface area contributed by atoms with Crippen LogP contribution in [0.5, 0.6) is 11.5 Å². The highest BCUT2D eigenvalue weighted by molar-refractivity contribution is 5.42. The number of aromatic nitrogens is 2. The molecule has 1 fully saturated rings. The first-order valence-corrected chi connectivity index (χ1v) is 8.07. The summed E-state index contributed by atoms with van der Waals surface area (Å²) in [4.78, 5) is 11.0. The number of rotatable bonds is 6. The molecule has 3 heterocycles. The van der Waals surface area contributed by atoms with E-state index in [1.165, 1.54) is 0 Å². The van der Waals surface area contributed by atoms with Gasteiger partial charge in [0.15, 0.2) is 11.5 Å². The average molecular weight is 329 g/mol. The molecule has 0 unspecified atom stereocenters. The third kappa shape index (κ3) is 3.66. The van der Waals surface area contributed by atoms with Crippen LogP contribution in [0.15, 0.2) is 36.7 Å². The maximum Gasteiger partial charge on any atom is 0.183 e. The van der Waals surface area contributed by atoms with Crippen molar-refractivity contribution < 1.29 is 14.6 Å². The lowest BCUT2D eigenvalue weighted by Crippen LogP contribution is -2.22. The summed E-state index contributed by atoms with van der Waals surface area (Å²) in [6.07, 6.45) is 3.93. The quantitative estimate of drug-likeness (QED) is 0.867. The SMILES string of the molecule is COc1ccnc(CN2C[C@@H](Cc3ccccn3)[C@H](O)C2)c1OC. The van der Waals surface area contributed by atoms with Gasteiger partial charge < -0.3 is 14.6 Å². The number of nitrogens with zero attached hydrogens (tertiary/aromatic N) is 3. The number of methoxy groups -OCH3 is 2. The summed E-state index contributed by atoms with van der Waals surface area (Å²) in [5.74, 6) is 1.51. The molecule has 0 saturated carbocycles. The van der Waals surface area contributed by atoms with Gasteiger partial charge in [0.25, 0.3) is 0 Å². The Morgan fingerprint density at radius 2 is 2.00 bits per heavy atom. The standard InChI is InChI=1S/C18H23N3O3/c1-23-17-6-8-20-15(18(17)24-2)11-21-10-13(16(22)12-21)9-14-5-3-4-7-19-14/h3-8,13,16,22H,9-12H2,1-2H3/t13-,16-/m1/s1. The number of ether oxygens (including phenoxy) is 2. The molecule has 2 atom stereocenters. The fraction of sp³-hybridized carbons (Fsp3) is 0.444. The molecule has 0 aromatic carbocycles. The summed E-state index contributed by atoms with van der Waals surface area (Å²) in [5.41, 5.74) is 1.84. The Morgan fingerprint density at radius 1 is 1.12 bits per heavy atom. The van der Waals surface area contributed by atoms with Gasteiger partial charge in [0.2, 0.25) is 0 Å². The van der Waals surface area contributed by atoms with E-state index in [4.69, 9.17) is 9.47 Å². The van der Waals surface area contributed by atoms with E-state index in [1.807, 2.05) is 18.2 Å². The Hall–Kier alpha value is -2.18. The minimum Gasteiger partial charge on any atom is -0.493 e. The van der Waals surface area contributed by atoms with E-state index < -0.39 is 0 Å². The number of likely N-dealkylation sites (tertiary alicyclic amines) is 1. The second-order valence-electron chi connectivity index (χ2n) is 6.04. The molecule has 1 saturated heterocycles. The summed E-state index contributed by atoms with van der Waals surface area (Å²) >= 11 is 0. The molecule has 1 aliphatic rings. The molecule has 6 nitrogen and oxygen atoms in total. The third-order valence-corrected chi connectivity index (χ3v) is 4.42. The highest BCUT2D eigenvalue weighted by atomic mass is 16.5. The normalized spacial score (nSPS) is 21.0. The lowest BCUT2D eigenvalue weighted by atomic mass is 10.00. The molecule has 0 amide bonds. The van der Waals surface area contributed by atoms with Crippen molar-refractivity contribution in [2.75, 3.05) is 27.3 Å². The lowest BCUT2D eigenvalue weighted by molar-refractivity contribution is 0.140. The van der Waals surface area contributed by atoms with Crippen molar-refractivity contribution in [1.82, 2.24) is 14.9 Å². The first kappa shape index (κ1) is 16.7. The van der Waals surface area contributed by atoms with Gasteiger partial charge in [0.1, 0.15) is 5.69 Å². The van der Waals surface area contributed by atoms with Gasteiger partial charge in [-0.05, 0) is 18.6 Å². The van der Waals surface area contributed by atoms with Crippen molar-refractivity contribution in [2.24, 2.45) is 5.92 Å². The maximum absolute atomic E-state index is 10.4. The van der Waals surface area contributed by atoms with Crippen LogP contribution in [0.1, 0.15) is 11.4 Å². The molecule has 24 heavy (non-hydrogen) atoms. The summed E-state index contributed by atoms with van der Waals surface area (Å²) in [7, 11) is 3.23. The Morgan fingerprint density at radius 3 is 2.71 bits per heavy atom. The van der Waals surface area contributed by atoms with Crippen molar-refractivity contribution in [3.8, 4) is 11.5 Å².